The van der Waals surface area contributed by atoms with E-state index in [1.54, 1.807) is 18.7 Å². The Morgan fingerprint density at radius 2 is 1.79 bits per heavy atom. The second kappa shape index (κ2) is 5.33. The smallest absolute Gasteiger partial charge is 0.246 e. The highest BCUT2D eigenvalue weighted by Crippen LogP contribution is 2.26. The van der Waals surface area contributed by atoms with Gasteiger partial charge in [0.15, 0.2) is 0 Å². The summed E-state index contributed by atoms with van der Waals surface area (Å²) in [6.45, 7) is 5.42. The highest BCUT2D eigenvalue weighted by molar-refractivity contribution is 9.10. The van der Waals surface area contributed by atoms with Crippen molar-refractivity contribution in [1.29, 1.82) is 0 Å². The van der Waals surface area contributed by atoms with E-state index >= 15 is 0 Å². The molecule has 2 amide bonds. The van der Waals surface area contributed by atoms with E-state index in [1.165, 1.54) is 0 Å². The van der Waals surface area contributed by atoms with E-state index in [-0.39, 0.29) is 17.9 Å². The first-order valence-electron chi connectivity index (χ1n) is 6.30. The van der Waals surface area contributed by atoms with Crippen LogP contribution in [0.4, 0.5) is 0 Å². The van der Waals surface area contributed by atoms with Crippen LogP contribution in [-0.4, -0.2) is 28.8 Å². The largest absolute Gasteiger partial charge is 0.343 e. The fourth-order valence-corrected chi connectivity index (χ4v) is 2.63. The lowest BCUT2D eigenvalue weighted by atomic mass is 10.0. The van der Waals surface area contributed by atoms with E-state index < -0.39 is 12.1 Å². The van der Waals surface area contributed by atoms with Gasteiger partial charge in [0.2, 0.25) is 11.8 Å². The Morgan fingerprint density at radius 3 is 2.37 bits per heavy atom. The lowest BCUT2D eigenvalue weighted by Gasteiger charge is -2.40. The second-order valence-electron chi connectivity index (χ2n) is 4.88. The second-order valence-corrected chi connectivity index (χ2v) is 5.79. The van der Waals surface area contributed by atoms with Gasteiger partial charge in [-0.05, 0) is 38.5 Å². The topological polar surface area (TPSA) is 49.4 Å². The first-order valence-corrected chi connectivity index (χ1v) is 7.09. The van der Waals surface area contributed by atoms with Gasteiger partial charge in [0.25, 0.3) is 0 Å². The fourth-order valence-electron chi connectivity index (χ4n) is 2.36. The van der Waals surface area contributed by atoms with Gasteiger partial charge in [-0.2, -0.15) is 0 Å². The third kappa shape index (κ3) is 2.66. The van der Waals surface area contributed by atoms with Crippen molar-refractivity contribution in [2.24, 2.45) is 0 Å². The zero-order valence-electron chi connectivity index (χ0n) is 11.2. The van der Waals surface area contributed by atoms with Crippen molar-refractivity contribution in [3.05, 3.63) is 34.3 Å². The molecular weight excluding hydrogens is 308 g/mol. The molecule has 0 radical (unpaired) electrons. The summed E-state index contributed by atoms with van der Waals surface area (Å²) in [6.07, 6.45) is 0. The van der Waals surface area contributed by atoms with Gasteiger partial charge < -0.3 is 10.2 Å². The van der Waals surface area contributed by atoms with Crippen molar-refractivity contribution in [3.63, 3.8) is 0 Å². The average molecular weight is 325 g/mol. The molecule has 1 heterocycles. The fraction of sp³-hybridized carbons (Fsp3) is 0.429. The molecule has 5 heteroatoms. The number of rotatable bonds is 2. The van der Waals surface area contributed by atoms with Gasteiger partial charge in [-0.1, -0.05) is 28.1 Å². The summed E-state index contributed by atoms with van der Waals surface area (Å²) < 4.78 is 0.993. The van der Waals surface area contributed by atoms with Crippen molar-refractivity contribution in [2.75, 3.05) is 0 Å². The molecule has 4 nitrogen and oxygen atoms in total. The number of hydrogen-bond donors (Lipinski definition) is 1. The number of amides is 2. The van der Waals surface area contributed by atoms with Crippen LogP contribution in [0.1, 0.15) is 32.4 Å². The molecule has 2 rings (SSSR count). The van der Waals surface area contributed by atoms with E-state index in [9.17, 15) is 9.59 Å². The average Bonchev–Trinajstić information content (AvgIpc) is 2.37. The summed E-state index contributed by atoms with van der Waals surface area (Å²) in [4.78, 5) is 25.8. The van der Waals surface area contributed by atoms with Crippen LogP contribution in [0.5, 0.6) is 0 Å². The number of hydrogen-bond acceptors (Lipinski definition) is 2. The zero-order valence-corrected chi connectivity index (χ0v) is 12.8. The van der Waals surface area contributed by atoms with Crippen LogP contribution in [0, 0.1) is 0 Å². The molecule has 0 spiro atoms. The summed E-state index contributed by atoms with van der Waals surface area (Å²) in [7, 11) is 0. The number of carbonyl (C=O) groups is 2. The minimum absolute atomic E-state index is 0.0393. The Kier molecular flexibility index (Phi) is 3.94. The maximum absolute atomic E-state index is 12.3. The predicted molar refractivity (Wildman–Crippen MR) is 76.5 cm³/mol. The maximum Gasteiger partial charge on any atom is 0.246 e. The molecule has 0 saturated carbocycles. The molecule has 0 aromatic heterocycles. The molecular formula is C14H17BrN2O2. The molecule has 1 aliphatic heterocycles. The number of nitrogens with zero attached hydrogens (tertiary/aromatic N) is 1. The molecule has 19 heavy (non-hydrogen) atoms. The third-order valence-corrected chi connectivity index (χ3v) is 4.08. The van der Waals surface area contributed by atoms with E-state index in [0.29, 0.717) is 0 Å². The van der Waals surface area contributed by atoms with Gasteiger partial charge in [0.1, 0.15) is 12.1 Å². The Balaban J connectivity index is 2.30. The highest BCUT2D eigenvalue weighted by Gasteiger charge is 2.38. The number of benzene rings is 1. The van der Waals surface area contributed by atoms with Crippen LogP contribution in [0.15, 0.2) is 28.7 Å². The Morgan fingerprint density at radius 1 is 1.21 bits per heavy atom. The number of halogens is 1. The SMILES string of the molecule is CC1NC(=O)C(C)N(C(C)c2ccc(Br)cc2)C1=O. The van der Waals surface area contributed by atoms with Gasteiger partial charge in [0.05, 0.1) is 6.04 Å². The quantitative estimate of drug-likeness (QED) is 0.907. The van der Waals surface area contributed by atoms with E-state index in [1.807, 2.05) is 31.2 Å². The van der Waals surface area contributed by atoms with Crippen LogP contribution < -0.4 is 5.32 Å². The molecule has 3 atom stereocenters. The van der Waals surface area contributed by atoms with Gasteiger partial charge >= 0.3 is 0 Å². The maximum atomic E-state index is 12.3. The minimum atomic E-state index is -0.457. The zero-order chi connectivity index (χ0) is 14.2. The normalized spacial score (nSPS) is 25.2. The van der Waals surface area contributed by atoms with Crippen molar-refractivity contribution in [3.8, 4) is 0 Å². The van der Waals surface area contributed by atoms with Crippen molar-refractivity contribution in [2.45, 2.75) is 38.9 Å². The molecule has 3 unspecified atom stereocenters. The van der Waals surface area contributed by atoms with Gasteiger partial charge in [-0.25, -0.2) is 0 Å². The molecule has 0 aliphatic carbocycles. The molecule has 1 aromatic carbocycles. The summed E-state index contributed by atoms with van der Waals surface area (Å²) in [6, 6.07) is 6.79. The summed E-state index contributed by atoms with van der Waals surface area (Å²) in [5.74, 6) is -0.140. The van der Waals surface area contributed by atoms with Crippen LogP contribution in [-0.2, 0) is 9.59 Å². The first kappa shape index (κ1) is 14.1. The van der Waals surface area contributed by atoms with Crippen molar-refractivity contribution < 1.29 is 9.59 Å². The highest BCUT2D eigenvalue weighted by atomic mass is 79.9. The third-order valence-electron chi connectivity index (χ3n) is 3.55. The Bertz CT molecular complexity index is 501. The molecule has 1 aromatic rings. The lowest BCUT2D eigenvalue weighted by molar-refractivity contribution is -0.150. The standard InChI is InChI=1S/C14H17BrN2O2/c1-8-14(19)17(10(3)13(18)16-8)9(2)11-4-6-12(15)7-5-11/h4-10H,1-3H3,(H,16,18). The van der Waals surface area contributed by atoms with Crippen LogP contribution >= 0.6 is 15.9 Å². The van der Waals surface area contributed by atoms with Crippen molar-refractivity contribution >= 4 is 27.7 Å². The number of piperazine rings is 1. The molecule has 1 fully saturated rings. The number of carbonyl (C=O) groups excluding carboxylic acids is 2. The predicted octanol–water partition coefficient (Wildman–Crippen LogP) is 2.25. The van der Waals surface area contributed by atoms with E-state index in [2.05, 4.69) is 21.2 Å². The van der Waals surface area contributed by atoms with Gasteiger partial charge in [-0.15, -0.1) is 0 Å². The summed E-state index contributed by atoms with van der Waals surface area (Å²) >= 11 is 3.39. The summed E-state index contributed by atoms with van der Waals surface area (Å²) in [5.41, 5.74) is 1.02. The van der Waals surface area contributed by atoms with E-state index in [4.69, 9.17) is 0 Å². The van der Waals surface area contributed by atoms with Crippen LogP contribution in [0.25, 0.3) is 0 Å². The molecule has 102 valence electrons. The monoisotopic (exact) mass is 324 g/mol. The Hall–Kier alpha value is -1.36. The molecule has 1 saturated heterocycles. The molecule has 1 aliphatic rings. The van der Waals surface area contributed by atoms with Gasteiger partial charge in [0, 0.05) is 4.47 Å². The van der Waals surface area contributed by atoms with Crippen LogP contribution in [0.3, 0.4) is 0 Å². The molecule has 1 N–H and O–H groups in total. The lowest BCUT2D eigenvalue weighted by Crippen LogP contribution is -2.61. The number of nitrogens with one attached hydrogen (secondary N) is 1. The Labute approximate surface area is 121 Å². The van der Waals surface area contributed by atoms with Gasteiger partial charge in [-0.3, -0.25) is 9.59 Å². The molecule has 0 bridgehead atoms. The van der Waals surface area contributed by atoms with Crippen molar-refractivity contribution in [1.82, 2.24) is 10.2 Å². The first-order chi connectivity index (χ1) is 8.91. The summed E-state index contributed by atoms with van der Waals surface area (Å²) in [5, 5.41) is 2.69. The minimum Gasteiger partial charge on any atom is -0.343 e. The van der Waals surface area contributed by atoms with Crippen LogP contribution in [0.2, 0.25) is 0 Å². The van der Waals surface area contributed by atoms with E-state index in [0.717, 1.165) is 10.0 Å².